The van der Waals surface area contributed by atoms with Crippen molar-refractivity contribution in [2.24, 2.45) is 0 Å². The summed E-state index contributed by atoms with van der Waals surface area (Å²) in [6, 6.07) is 7.55. The number of allylic oxidation sites excluding steroid dienone is 1. The molecule has 0 aliphatic heterocycles. The molecule has 106 valence electrons. The topological polar surface area (TPSA) is 29.1 Å². The van der Waals surface area contributed by atoms with Gasteiger partial charge < -0.3 is 0 Å². The fourth-order valence-corrected chi connectivity index (χ4v) is 2.41. The quantitative estimate of drug-likeness (QED) is 0.820. The van der Waals surface area contributed by atoms with Gasteiger partial charge in [-0.05, 0) is 52.3 Å². The molecule has 4 heteroatoms. The predicted molar refractivity (Wildman–Crippen MR) is 84.7 cm³/mol. The van der Waals surface area contributed by atoms with Gasteiger partial charge in [-0.25, -0.2) is 8.93 Å². The smallest absolute Gasteiger partial charge is 0.0978 e. The second-order valence-corrected chi connectivity index (χ2v) is 8.21. The van der Waals surface area contributed by atoms with E-state index in [1.165, 1.54) is 5.57 Å². The minimum atomic E-state index is -1.12. The van der Waals surface area contributed by atoms with Crippen LogP contribution >= 0.6 is 11.6 Å². The number of benzene rings is 1. The van der Waals surface area contributed by atoms with E-state index in [-0.39, 0.29) is 10.8 Å². The van der Waals surface area contributed by atoms with Gasteiger partial charge in [0.2, 0.25) is 0 Å². The van der Waals surface area contributed by atoms with E-state index >= 15 is 0 Å². The summed E-state index contributed by atoms with van der Waals surface area (Å²) in [5.41, 5.74) is 2.24. The highest BCUT2D eigenvalue weighted by atomic mass is 35.5. The maximum absolute atomic E-state index is 12.2. The summed E-state index contributed by atoms with van der Waals surface area (Å²) >= 11 is 5.90. The van der Waals surface area contributed by atoms with E-state index in [9.17, 15) is 4.21 Å². The molecule has 0 spiro atoms. The molecule has 1 N–H and O–H groups in total. The zero-order chi connectivity index (χ0) is 14.6. The highest BCUT2D eigenvalue weighted by Crippen LogP contribution is 2.21. The van der Waals surface area contributed by atoms with Gasteiger partial charge in [-0.15, -0.1) is 0 Å². The Morgan fingerprint density at radius 3 is 2.21 bits per heavy atom. The van der Waals surface area contributed by atoms with E-state index in [2.05, 4.69) is 10.8 Å². The third-order valence-electron chi connectivity index (χ3n) is 2.52. The maximum atomic E-state index is 12.2. The average Bonchev–Trinajstić information content (AvgIpc) is 2.27. The third-order valence-corrected chi connectivity index (χ3v) is 4.35. The first-order chi connectivity index (χ1) is 8.70. The van der Waals surface area contributed by atoms with Crippen LogP contribution in [0.5, 0.6) is 0 Å². The minimum Gasteiger partial charge on any atom is -0.242 e. The van der Waals surface area contributed by atoms with Gasteiger partial charge in [0.1, 0.15) is 0 Å². The molecule has 0 radical (unpaired) electrons. The number of halogens is 1. The summed E-state index contributed by atoms with van der Waals surface area (Å²) < 4.78 is 15.1. The van der Waals surface area contributed by atoms with E-state index in [0.717, 1.165) is 5.56 Å². The van der Waals surface area contributed by atoms with Crippen molar-refractivity contribution in [1.29, 1.82) is 0 Å². The van der Waals surface area contributed by atoms with E-state index in [0.29, 0.717) is 5.02 Å². The Morgan fingerprint density at radius 2 is 1.79 bits per heavy atom. The molecule has 0 amide bonds. The molecule has 1 aromatic carbocycles. The van der Waals surface area contributed by atoms with Gasteiger partial charge in [0.25, 0.3) is 0 Å². The fraction of sp³-hybridized carbons (Fsp3) is 0.467. The third kappa shape index (κ3) is 5.47. The van der Waals surface area contributed by atoms with Gasteiger partial charge >= 0.3 is 0 Å². The summed E-state index contributed by atoms with van der Waals surface area (Å²) in [6.07, 6.45) is 2.08. The standard InChI is InChI=1S/C15H22ClNOS/c1-11(2)10-14(17-19(18)15(3,4)5)12-6-8-13(16)9-7-12/h6-10,14,17H,1-5H3/t14-,19-/m1/s1. The summed E-state index contributed by atoms with van der Waals surface area (Å²) in [4.78, 5) is 0. The largest absolute Gasteiger partial charge is 0.242 e. The van der Waals surface area contributed by atoms with Crippen molar-refractivity contribution in [2.75, 3.05) is 0 Å². The lowest BCUT2D eigenvalue weighted by atomic mass is 10.1. The van der Waals surface area contributed by atoms with Crippen LogP contribution in [0.3, 0.4) is 0 Å². The Labute approximate surface area is 123 Å². The normalized spacial score (nSPS) is 14.8. The van der Waals surface area contributed by atoms with Crippen LogP contribution in [0.1, 0.15) is 46.2 Å². The van der Waals surface area contributed by atoms with E-state index < -0.39 is 11.0 Å². The van der Waals surface area contributed by atoms with E-state index in [4.69, 9.17) is 11.6 Å². The summed E-state index contributed by atoms with van der Waals surface area (Å²) in [5, 5.41) is 0.705. The van der Waals surface area contributed by atoms with Gasteiger partial charge in [0.05, 0.1) is 21.8 Å². The Hall–Kier alpha value is -0.640. The molecule has 1 rings (SSSR count). The second kappa shape index (κ2) is 6.69. The van der Waals surface area contributed by atoms with Gasteiger partial charge in [-0.3, -0.25) is 0 Å². The Balaban J connectivity index is 3.00. The zero-order valence-electron chi connectivity index (χ0n) is 12.2. The van der Waals surface area contributed by atoms with Crippen LogP contribution in [-0.2, 0) is 11.0 Å². The molecule has 0 aliphatic rings. The molecule has 0 saturated heterocycles. The molecule has 19 heavy (non-hydrogen) atoms. The number of rotatable bonds is 4. The Morgan fingerprint density at radius 1 is 1.26 bits per heavy atom. The van der Waals surface area contributed by atoms with Crippen LogP contribution in [0.2, 0.25) is 5.02 Å². The fourth-order valence-electron chi connectivity index (χ4n) is 1.49. The highest BCUT2D eigenvalue weighted by Gasteiger charge is 2.22. The molecule has 0 saturated carbocycles. The van der Waals surface area contributed by atoms with Crippen molar-refractivity contribution < 1.29 is 4.21 Å². The minimum absolute atomic E-state index is 0.0673. The van der Waals surface area contributed by atoms with E-state index in [1.54, 1.807) is 0 Å². The SMILES string of the molecule is CC(C)=C[C@@H](N[S@](=O)C(C)(C)C)c1ccc(Cl)cc1. The lowest BCUT2D eigenvalue weighted by Gasteiger charge is -2.23. The van der Waals surface area contributed by atoms with Crippen LogP contribution in [0, 0.1) is 0 Å². The lowest BCUT2D eigenvalue weighted by molar-refractivity contribution is 0.626. The van der Waals surface area contributed by atoms with Crippen LogP contribution in [0.4, 0.5) is 0 Å². The molecule has 2 atom stereocenters. The molecular formula is C15H22ClNOS. The molecule has 2 nitrogen and oxygen atoms in total. The van der Waals surface area contributed by atoms with Crippen molar-refractivity contribution >= 4 is 22.6 Å². The summed E-state index contributed by atoms with van der Waals surface area (Å²) in [6.45, 7) is 9.93. The number of hydrogen-bond acceptors (Lipinski definition) is 1. The van der Waals surface area contributed by atoms with Gasteiger partial charge in [-0.2, -0.15) is 0 Å². The van der Waals surface area contributed by atoms with E-state index in [1.807, 2.05) is 58.9 Å². The molecule has 0 aliphatic carbocycles. The average molecular weight is 300 g/mol. The molecule has 0 fully saturated rings. The van der Waals surface area contributed by atoms with Crippen molar-refractivity contribution in [1.82, 2.24) is 4.72 Å². The van der Waals surface area contributed by atoms with Crippen molar-refractivity contribution in [3.05, 3.63) is 46.5 Å². The molecular weight excluding hydrogens is 278 g/mol. The van der Waals surface area contributed by atoms with Crippen molar-refractivity contribution in [3.8, 4) is 0 Å². The first-order valence-electron chi connectivity index (χ1n) is 6.28. The Kier molecular flexibility index (Phi) is 5.78. The summed E-state index contributed by atoms with van der Waals surface area (Å²) in [7, 11) is -1.12. The predicted octanol–water partition coefficient (Wildman–Crippen LogP) is 4.40. The van der Waals surface area contributed by atoms with Gasteiger partial charge in [0, 0.05) is 5.02 Å². The van der Waals surface area contributed by atoms with Crippen LogP contribution in [0.25, 0.3) is 0 Å². The van der Waals surface area contributed by atoms with Gasteiger partial charge in [-0.1, -0.05) is 35.4 Å². The molecule has 1 aromatic rings. The molecule has 0 unspecified atom stereocenters. The monoisotopic (exact) mass is 299 g/mol. The number of nitrogens with one attached hydrogen (secondary N) is 1. The first-order valence-corrected chi connectivity index (χ1v) is 7.81. The molecule has 0 heterocycles. The van der Waals surface area contributed by atoms with Crippen molar-refractivity contribution in [3.63, 3.8) is 0 Å². The zero-order valence-corrected chi connectivity index (χ0v) is 13.7. The maximum Gasteiger partial charge on any atom is 0.0978 e. The molecule has 0 bridgehead atoms. The lowest BCUT2D eigenvalue weighted by Crippen LogP contribution is -2.35. The van der Waals surface area contributed by atoms with Gasteiger partial charge in [0.15, 0.2) is 0 Å². The number of hydrogen-bond donors (Lipinski definition) is 1. The Bertz CT molecular complexity index is 470. The van der Waals surface area contributed by atoms with Crippen LogP contribution in [-0.4, -0.2) is 8.96 Å². The van der Waals surface area contributed by atoms with Crippen LogP contribution in [0.15, 0.2) is 35.9 Å². The molecule has 0 aromatic heterocycles. The second-order valence-electron chi connectivity index (χ2n) is 5.77. The highest BCUT2D eigenvalue weighted by molar-refractivity contribution is 7.84. The van der Waals surface area contributed by atoms with Crippen molar-refractivity contribution in [2.45, 2.75) is 45.4 Å². The summed E-state index contributed by atoms with van der Waals surface area (Å²) in [5.74, 6) is 0. The first kappa shape index (κ1) is 16.4. The van der Waals surface area contributed by atoms with Crippen LogP contribution < -0.4 is 4.72 Å².